The lowest BCUT2D eigenvalue weighted by Crippen LogP contribution is -2.51. The van der Waals surface area contributed by atoms with E-state index in [0.29, 0.717) is 17.4 Å². The standard InChI is InChI=1S/C19H26F2N2O.ClH/c1-19(2,14-6-7-15(20)16(21)10-14)23-18(24)13-8-11-4-3-5-12(9-13)17(11)22;/h6-7,10-13,17H,3-5,8-9,22H2,1-2H3,(H,23,24);1H. The van der Waals surface area contributed by atoms with Gasteiger partial charge >= 0.3 is 0 Å². The molecule has 0 aromatic heterocycles. The van der Waals surface area contributed by atoms with Gasteiger partial charge in [-0.25, -0.2) is 8.78 Å². The van der Waals surface area contributed by atoms with E-state index in [1.165, 1.54) is 12.5 Å². The molecule has 3 N–H and O–H groups in total. The maximum atomic E-state index is 13.5. The third-order valence-corrected chi connectivity index (χ3v) is 5.86. The summed E-state index contributed by atoms with van der Waals surface area (Å²) < 4.78 is 26.6. The van der Waals surface area contributed by atoms with Crippen LogP contribution in [-0.2, 0) is 10.3 Å². The smallest absolute Gasteiger partial charge is 0.223 e. The van der Waals surface area contributed by atoms with Gasteiger partial charge in [0.15, 0.2) is 11.6 Å². The normalized spacial score (nSPS) is 28.8. The molecule has 25 heavy (non-hydrogen) atoms. The molecule has 3 nitrogen and oxygen atoms in total. The largest absolute Gasteiger partial charge is 0.347 e. The lowest BCUT2D eigenvalue weighted by molar-refractivity contribution is -0.129. The van der Waals surface area contributed by atoms with Crippen LogP contribution in [0.15, 0.2) is 18.2 Å². The van der Waals surface area contributed by atoms with E-state index in [1.54, 1.807) is 0 Å². The van der Waals surface area contributed by atoms with E-state index < -0.39 is 17.2 Å². The Balaban J connectivity index is 0.00000225. The predicted molar refractivity (Wildman–Crippen MR) is 96.3 cm³/mol. The van der Waals surface area contributed by atoms with Crippen LogP contribution in [0.1, 0.15) is 51.5 Å². The number of nitrogens with one attached hydrogen (secondary N) is 1. The zero-order valence-electron chi connectivity index (χ0n) is 14.7. The van der Waals surface area contributed by atoms with Crippen molar-refractivity contribution in [3.8, 4) is 0 Å². The summed E-state index contributed by atoms with van der Waals surface area (Å²) in [6.07, 6.45) is 5.08. The molecule has 1 aromatic rings. The van der Waals surface area contributed by atoms with Crippen molar-refractivity contribution in [2.45, 2.75) is 57.5 Å². The van der Waals surface area contributed by atoms with Crippen LogP contribution in [0.5, 0.6) is 0 Å². The number of hydrogen-bond donors (Lipinski definition) is 2. The predicted octanol–water partition coefficient (Wildman–Crippen LogP) is 3.89. The number of benzene rings is 1. The highest BCUT2D eigenvalue weighted by Crippen LogP contribution is 2.42. The zero-order chi connectivity index (χ0) is 17.5. The topological polar surface area (TPSA) is 55.1 Å². The highest BCUT2D eigenvalue weighted by Gasteiger charge is 2.41. The summed E-state index contributed by atoms with van der Waals surface area (Å²) in [5, 5.41) is 3.02. The number of hydrogen-bond acceptors (Lipinski definition) is 2. The monoisotopic (exact) mass is 372 g/mol. The maximum Gasteiger partial charge on any atom is 0.223 e. The highest BCUT2D eigenvalue weighted by molar-refractivity contribution is 5.85. The molecule has 6 heteroatoms. The Bertz CT molecular complexity index is 624. The molecule has 2 atom stereocenters. The Labute approximate surface area is 154 Å². The van der Waals surface area contributed by atoms with E-state index in [4.69, 9.17) is 5.73 Å². The molecule has 2 fully saturated rings. The summed E-state index contributed by atoms with van der Waals surface area (Å²) in [7, 11) is 0. The number of rotatable bonds is 3. The number of nitrogens with two attached hydrogens (primary N) is 1. The number of halogens is 3. The highest BCUT2D eigenvalue weighted by atomic mass is 35.5. The number of carbonyl (C=O) groups excluding carboxylic acids is 1. The van der Waals surface area contributed by atoms with Crippen molar-refractivity contribution < 1.29 is 13.6 Å². The van der Waals surface area contributed by atoms with Crippen LogP contribution in [0, 0.1) is 29.4 Å². The summed E-state index contributed by atoms with van der Waals surface area (Å²) in [5.41, 5.74) is 6.09. The van der Waals surface area contributed by atoms with Gasteiger partial charge in [-0.15, -0.1) is 12.4 Å². The first-order valence-corrected chi connectivity index (χ1v) is 8.81. The molecule has 0 spiro atoms. The molecule has 0 aliphatic heterocycles. The second-order valence-electron chi connectivity index (χ2n) is 7.94. The van der Waals surface area contributed by atoms with Crippen molar-refractivity contribution >= 4 is 18.3 Å². The third-order valence-electron chi connectivity index (χ3n) is 5.86. The van der Waals surface area contributed by atoms with Crippen molar-refractivity contribution in [2.75, 3.05) is 0 Å². The summed E-state index contributed by atoms with van der Waals surface area (Å²) in [6, 6.07) is 4.00. The molecule has 0 heterocycles. The fraction of sp³-hybridized carbons (Fsp3) is 0.632. The molecular formula is C19H27ClF2N2O. The van der Waals surface area contributed by atoms with E-state index in [-0.39, 0.29) is 30.3 Å². The van der Waals surface area contributed by atoms with Crippen molar-refractivity contribution in [1.82, 2.24) is 5.32 Å². The molecular weight excluding hydrogens is 346 g/mol. The average molecular weight is 373 g/mol. The first-order valence-electron chi connectivity index (χ1n) is 8.81. The Morgan fingerprint density at radius 1 is 1.16 bits per heavy atom. The van der Waals surface area contributed by atoms with Crippen LogP contribution in [0.4, 0.5) is 8.78 Å². The van der Waals surface area contributed by atoms with E-state index in [1.807, 2.05) is 13.8 Å². The van der Waals surface area contributed by atoms with Gasteiger partial charge in [0.25, 0.3) is 0 Å². The molecule has 2 aliphatic rings. The van der Waals surface area contributed by atoms with Crippen LogP contribution in [0.25, 0.3) is 0 Å². The van der Waals surface area contributed by atoms with Crippen molar-refractivity contribution in [3.05, 3.63) is 35.4 Å². The molecule has 2 saturated carbocycles. The Morgan fingerprint density at radius 3 is 2.32 bits per heavy atom. The van der Waals surface area contributed by atoms with Crippen LogP contribution >= 0.6 is 12.4 Å². The minimum atomic E-state index is -0.895. The SMILES string of the molecule is CC(C)(NC(=O)C1CC2CCCC(C1)C2N)c1ccc(F)c(F)c1.Cl. The Hall–Kier alpha value is -1.20. The molecule has 1 amide bonds. The minimum Gasteiger partial charge on any atom is -0.347 e. The second-order valence-corrected chi connectivity index (χ2v) is 7.94. The maximum absolute atomic E-state index is 13.5. The van der Waals surface area contributed by atoms with E-state index in [2.05, 4.69) is 5.32 Å². The minimum absolute atomic E-state index is 0. The van der Waals surface area contributed by atoms with E-state index in [0.717, 1.165) is 37.8 Å². The Kier molecular flexibility index (Phi) is 6.10. The number of carbonyl (C=O) groups is 1. The summed E-state index contributed by atoms with van der Waals surface area (Å²) in [6.45, 7) is 3.62. The van der Waals surface area contributed by atoms with Crippen LogP contribution in [0.2, 0.25) is 0 Å². The van der Waals surface area contributed by atoms with E-state index in [9.17, 15) is 13.6 Å². The van der Waals surface area contributed by atoms with Gasteiger partial charge in [0.1, 0.15) is 0 Å². The second kappa shape index (κ2) is 7.58. The molecule has 140 valence electrons. The molecule has 0 radical (unpaired) electrons. The third kappa shape index (κ3) is 4.14. The fourth-order valence-electron chi connectivity index (χ4n) is 4.37. The summed E-state index contributed by atoms with van der Waals surface area (Å²) in [4.78, 5) is 12.8. The van der Waals surface area contributed by atoms with Crippen molar-refractivity contribution in [3.63, 3.8) is 0 Å². The quantitative estimate of drug-likeness (QED) is 0.845. The summed E-state index contributed by atoms with van der Waals surface area (Å²) in [5.74, 6) is -0.958. The van der Waals surface area contributed by atoms with Gasteiger partial charge in [0, 0.05) is 12.0 Å². The van der Waals surface area contributed by atoms with Gasteiger partial charge in [-0.2, -0.15) is 0 Å². The van der Waals surface area contributed by atoms with Gasteiger partial charge in [-0.3, -0.25) is 4.79 Å². The fourth-order valence-corrected chi connectivity index (χ4v) is 4.37. The lowest BCUT2D eigenvalue weighted by atomic mass is 9.65. The molecule has 2 unspecified atom stereocenters. The molecule has 3 rings (SSSR count). The van der Waals surface area contributed by atoms with Crippen molar-refractivity contribution in [1.29, 1.82) is 0 Å². The average Bonchev–Trinajstić information content (AvgIpc) is 2.49. The first-order chi connectivity index (χ1) is 11.3. The molecule has 1 aromatic carbocycles. The summed E-state index contributed by atoms with van der Waals surface area (Å²) >= 11 is 0. The van der Waals surface area contributed by atoms with Gasteiger partial charge < -0.3 is 11.1 Å². The molecule has 0 saturated heterocycles. The van der Waals surface area contributed by atoms with Crippen LogP contribution in [0.3, 0.4) is 0 Å². The Morgan fingerprint density at radius 2 is 1.76 bits per heavy atom. The molecule has 2 bridgehead atoms. The zero-order valence-corrected chi connectivity index (χ0v) is 15.5. The van der Waals surface area contributed by atoms with E-state index >= 15 is 0 Å². The number of amides is 1. The van der Waals surface area contributed by atoms with Gasteiger partial charge in [0.2, 0.25) is 5.91 Å². The van der Waals surface area contributed by atoms with Gasteiger partial charge in [-0.05, 0) is 69.1 Å². The van der Waals surface area contributed by atoms with Gasteiger partial charge in [0.05, 0.1) is 5.54 Å². The lowest BCUT2D eigenvalue weighted by Gasteiger charge is -2.44. The first kappa shape index (κ1) is 20.1. The molecule has 2 aliphatic carbocycles. The number of fused-ring (bicyclic) bond motifs is 2. The van der Waals surface area contributed by atoms with Gasteiger partial charge in [-0.1, -0.05) is 12.5 Å². The van der Waals surface area contributed by atoms with Crippen molar-refractivity contribution in [2.24, 2.45) is 23.5 Å². The van der Waals surface area contributed by atoms with Crippen LogP contribution in [-0.4, -0.2) is 11.9 Å². The van der Waals surface area contributed by atoms with Crippen LogP contribution < -0.4 is 11.1 Å².